The zero-order valence-electron chi connectivity index (χ0n) is 9.97. The van der Waals surface area contributed by atoms with Crippen molar-refractivity contribution >= 4 is 0 Å². The third-order valence-corrected chi connectivity index (χ3v) is 2.44. The summed E-state index contributed by atoms with van der Waals surface area (Å²) in [7, 11) is 1.70. The summed E-state index contributed by atoms with van der Waals surface area (Å²) < 4.78 is 5.16. The predicted molar refractivity (Wildman–Crippen MR) is 59.5 cm³/mol. The summed E-state index contributed by atoms with van der Waals surface area (Å²) in [4.78, 5) is 0. The Morgan fingerprint density at radius 2 is 2.14 bits per heavy atom. The summed E-state index contributed by atoms with van der Waals surface area (Å²) >= 11 is 0. The first-order valence-corrected chi connectivity index (χ1v) is 5.45. The lowest BCUT2D eigenvalue weighted by Crippen LogP contribution is -2.50. The van der Waals surface area contributed by atoms with E-state index in [1.807, 2.05) is 0 Å². The Labute approximate surface area is 87.8 Å². The molecule has 0 saturated carbocycles. The molecular formula is C11H25NO2. The molecule has 0 amide bonds. The van der Waals surface area contributed by atoms with Gasteiger partial charge < -0.3 is 15.2 Å². The molecule has 2 N–H and O–H groups in total. The van der Waals surface area contributed by atoms with Crippen molar-refractivity contribution in [2.24, 2.45) is 0 Å². The number of aliphatic hydroxyl groups is 1. The van der Waals surface area contributed by atoms with Crippen molar-refractivity contribution in [3.05, 3.63) is 0 Å². The molecule has 0 aromatic heterocycles. The summed E-state index contributed by atoms with van der Waals surface area (Å²) in [6.45, 7) is 7.29. The molecule has 0 saturated heterocycles. The van der Waals surface area contributed by atoms with Crippen LogP contribution in [0.1, 0.15) is 40.0 Å². The standard InChI is InChI=1S/C11H25NO2/c1-5-6-10(2)12-11(3,7-8-13)9-14-4/h10,12-13H,5-9H2,1-4H3. The number of rotatable bonds is 8. The van der Waals surface area contributed by atoms with Crippen molar-refractivity contribution in [2.45, 2.75) is 51.6 Å². The molecule has 0 rings (SSSR count). The monoisotopic (exact) mass is 203 g/mol. The number of nitrogens with one attached hydrogen (secondary N) is 1. The zero-order valence-corrected chi connectivity index (χ0v) is 9.97. The van der Waals surface area contributed by atoms with Crippen molar-refractivity contribution < 1.29 is 9.84 Å². The van der Waals surface area contributed by atoms with Gasteiger partial charge in [0.15, 0.2) is 0 Å². The van der Waals surface area contributed by atoms with Crippen LogP contribution in [0.3, 0.4) is 0 Å². The van der Waals surface area contributed by atoms with Crippen molar-refractivity contribution in [1.29, 1.82) is 0 Å². The highest BCUT2D eigenvalue weighted by Gasteiger charge is 2.24. The molecule has 3 heteroatoms. The first-order valence-electron chi connectivity index (χ1n) is 5.45. The van der Waals surface area contributed by atoms with Gasteiger partial charge >= 0.3 is 0 Å². The molecule has 0 aromatic carbocycles. The normalized spacial score (nSPS) is 17.8. The molecule has 0 heterocycles. The summed E-state index contributed by atoms with van der Waals surface area (Å²) in [5.74, 6) is 0. The highest BCUT2D eigenvalue weighted by Crippen LogP contribution is 2.12. The maximum Gasteiger partial charge on any atom is 0.0642 e. The summed E-state index contributed by atoms with van der Waals surface area (Å²) in [5.41, 5.74) is -0.0991. The lowest BCUT2D eigenvalue weighted by atomic mass is 9.97. The second kappa shape index (κ2) is 7.21. The minimum absolute atomic E-state index is 0.0991. The largest absolute Gasteiger partial charge is 0.396 e. The Hall–Kier alpha value is -0.120. The third-order valence-electron chi connectivity index (χ3n) is 2.44. The van der Waals surface area contributed by atoms with Gasteiger partial charge in [0.25, 0.3) is 0 Å². The molecule has 14 heavy (non-hydrogen) atoms. The minimum atomic E-state index is -0.0991. The van der Waals surface area contributed by atoms with E-state index >= 15 is 0 Å². The van der Waals surface area contributed by atoms with Crippen LogP contribution in [0.2, 0.25) is 0 Å². The second-order valence-corrected chi connectivity index (χ2v) is 4.30. The van der Waals surface area contributed by atoms with Crippen LogP contribution >= 0.6 is 0 Å². The van der Waals surface area contributed by atoms with Gasteiger partial charge in [-0.15, -0.1) is 0 Å². The van der Waals surface area contributed by atoms with Crippen molar-refractivity contribution in [3.63, 3.8) is 0 Å². The van der Waals surface area contributed by atoms with E-state index in [0.29, 0.717) is 12.6 Å². The number of ether oxygens (including phenoxy) is 1. The lowest BCUT2D eigenvalue weighted by Gasteiger charge is -2.33. The quantitative estimate of drug-likeness (QED) is 0.629. The van der Waals surface area contributed by atoms with Crippen molar-refractivity contribution in [2.75, 3.05) is 20.3 Å². The first kappa shape index (κ1) is 13.9. The van der Waals surface area contributed by atoms with E-state index in [-0.39, 0.29) is 12.1 Å². The Kier molecular flexibility index (Phi) is 7.15. The van der Waals surface area contributed by atoms with E-state index in [9.17, 15) is 0 Å². The number of methoxy groups -OCH3 is 1. The lowest BCUT2D eigenvalue weighted by molar-refractivity contribution is 0.0904. The molecule has 86 valence electrons. The van der Waals surface area contributed by atoms with E-state index in [1.54, 1.807) is 7.11 Å². The van der Waals surface area contributed by atoms with Crippen LogP contribution in [0.4, 0.5) is 0 Å². The molecule has 0 aliphatic carbocycles. The Balaban J connectivity index is 4.05. The van der Waals surface area contributed by atoms with Crippen LogP contribution in [0.15, 0.2) is 0 Å². The Morgan fingerprint density at radius 1 is 1.50 bits per heavy atom. The molecule has 0 bridgehead atoms. The number of hydrogen-bond donors (Lipinski definition) is 2. The van der Waals surface area contributed by atoms with Gasteiger partial charge in [-0.1, -0.05) is 13.3 Å². The Morgan fingerprint density at radius 3 is 2.57 bits per heavy atom. The average Bonchev–Trinajstić information content (AvgIpc) is 2.04. The summed E-state index contributed by atoms with van der Waals surface area (Å²) in [5, 5.41) is 12.5. The molecule has 0 aliphatic heterocycles. The topological polar surface area (TPSA) is 41.5 Å². The van der Waals surface area contributed by atoms with Gasteiger partial charge in [0.05, 0.1) is 6.61 Å². The highest BCUT2D eigenvalue weighted by atomic mass is 16.5. The van der Waals surface area contributed by atoms with E-state index in [1.165, 1.54) is 6.42 Å². The van der Waals surface area contributed by atoms with Gasteiger partial charge in [-0.25, -0.2) is 0 Å². The highest BCUT2D eigenvalue weighted by molar-refractivity contribution is 4.85. The van der Waals surface area contributed by atoms with E-state index < -0.39 is 0 Å². The molecule has 0 aliphatic rings. The van der Waals surface area contributed by atoms with Crippen LogP contribution in [0, 0.1) is 0 Å². The van der Waals surface area contributed by atoms with E-state index in [0.717, 1.165) is 12.8 Å². The summed E-state index contributed by atoms with van der Waals surface area (Å²) in [6.07, 6.45) is 3.07. The maximum absolute atomic E-state index is 8.98. The second-order valence-electron chi connectivity index (χ2n) is 4.30. The number of hydrogen-bond acceptors (Lipinski definition) is 3. The van der Waals surface area contributed by atoms with Crippen molar-refractivity contribution in [3.8, 4) is 0 Å². The van der Waals surface area contributed by atoms with Gasteiger partial charge in [0.2, 0.25) is 0 Å². The SMILES string of the molecule is CCCC(C)NC(C)(CCO)COC. The fraction of sp³-hybridized carbons (Fsp3) is 1.00. The van der Waals surface area contributed by atoms with Crippen LogP contribution < -0.4 is 5.32 Å². The van der Waals surface area contributed by atoms with Crippen LogP contribution in [-0.4, -0.2) is 37.0 Å². The molecule has 3 nitrogen and oxygen atoms in total. The molecule has 0 aromatic rings. The van der Waals surface area contributed by atoms with Crippen LogP contribution in [-0.2, 0) is 4.74 Å². The third kappa shape index (κ3) is 5.58. The first-order chi connectivity index (χ1) is 6.58. The van der Waals surface area contributed by atoms with E-state index in [2.05, 4.69) is 26.1 Å². The summed E-state index contributed by atoms with van der Waals surface area (Å²) in [6, 6.07) is 0.478. The van der Waals surface area contributed by atoms with Gasteiger partial charge in [-0.2, -0.15) is 0 Å². The molecule has 0 spiro atoms. The maximum atomic E-state index is 8.98. The smallest absolute Gasteiger partial charge is 0.0642 e. The fourth-order valence-corrected chi connectivity index (χ4v) is 1.85. The predicted octanol–water partition coefficient (Wildman–Crippen LogP) is 1.55. The van der Waals surface area contributed by atoms with Crippen LogP contribution in [0.25, 0.3) is 0 Å². The van der Waals surface area contributed by atoms with Crippen LogP contribution in [0.5, 0.6) is 0 Å². The van der Waals surface area contributed by atoms with Gasteiger partial charge in [0, 0.05) is 25.3 Å². The molecule has 0 fully saturated rings. The molecule has 0 radical (unpaired) electrons. The molecule has 2 atom stereocenters. The fourth-order valence-electron chi connectivity index (χ4n) is 1.85. The van der Waals surface area contributed by atoms with Crippen molar-refractivity contribution in [1.82, 2.24) is 5.32 Å². The zero-order chi connectivity index (χ0) is 11.0. The van der Waals surface area contributed by atoms with Gasteiger partial charge in [0.1, 0.15) is 0 Å². The average molecular weight is 203 g/mol. The van der Waals surface area contributed by atoms with Gasteiger partial charge in [-0.3, -0.25) is 0 Å². The molecular weight excluding hydrogens is 178 g/mol. The van der Waals surface area contributed by atoms with Gasteiger partial charge in [-0.05, 0) is 26.7 Å². The Bertz CT molecular complexity index is 133. The minimum Gasteiger partial charge on any atom is -0.396 e. The molecule has 2 unspecified atom stereocenters. The van der Waals surface area contributed by atoms with E-state index in [4.69, 9.17) is 9.84 Å². The number of aliphatic hydroxyl groups excluding tert-OH is 1.